The first-order valence-electron chi connectivity index (χ1n) is 12.9. The number of nitrogens with one attached hydrogen (secondary N) is 2. The van der Waals surface area contributed by atoms with E-state index in [0.717, 1.165) is 35.7 Å². The zero-order valence-corrected chi connectivity index (χ0v) is 25.5. The molecule has 1 amide bonds. The summed E-state index contributed by atoms with van der Waals surface area (Å²) in [7, 11) is 3.24. The molecule has 0 fully saturated rings. The van der Waals surface area contributed by atoms with Crippen molar-refractivity contribution in [1.29, 1.82) is 5.41 Å². The summed E-state index contributed by atoms with van der Waals surface area (Å²) in [4.78, 5) is 30.0. The van der Waals surface area contributed by atoms with E-state index in [2.05, 4.69) is 44.8 Å². The molecule has 0 unspecified atom stereocenters. The Morgan fingerprint density at radius 1 is 1.11 bits per heavy atom. The number of ether oxygens (including phenoxy) is 2. The summed E-state index contributed by atoms with van der Waals surface area (Å²) in [5, 5.41) is 11.4. The van der Waals surface area contributed by atoms with Gasteiger partial charge in [-0.2, -0.15) is 0 Å². The van der Waals surface area contributed by atoms with Gasteiger partial charge >= 0.3 is 0 Å². The number of ketones is 1. The molecule has 0 saturated heterocycles. The number of amides is 1. The predicted octanol–water partition coefficient (Wildman–Crippen LogP) is 5.20. The van der Waals surface area contributed by atoms with Crippen LogP contribution >= 0.6 is 17.0 Å². The molecule has 38 heavy (non-hydrogen) atoms. The molecule has 0 aromatic heterocycles. The van der Waals surface area contributed by atoms with Crippen LogP contribution in [0.3, 0.4) is 0 Å². The number of fused-ring (bicyclic) bond motifs is 1. The minimum absolute atomic E-state index is 0. The average molecular weight is 590 g/mol. The van der Waals surface area contributed by atoms with Gasteiger partial charge in [-0.25, -0.2) is 0 Å². The highest BCUT2D eigenvalue weighted by atomic mass is 79.9. The van der Waals surface area contributed by atoms with Gasteiger partial charge in [0, 0.05) is 43.4 Å². The van der Waals surface area contributed by atoms with Crippen molar-refractivity contribution in [1.82, 2.24) is 10.2 Å². The van der Waals surface area contributed by atoms with Gasteiger partial charge in [-0.05, 0) is 56.0 Å². The van der Waals surface area contributed by atoms with Gasteiger partial charge < -0.3 is 24.6 Å². The van der Waals surface area contributed by atoms with Gasteiger partial charge in [-0.15, -0.1) is 17.0 Å². The predicted molar refractivity (Wildman–Crippen MR) is 158 cm³/mol. The Hall–Kier alpha value is -3.07. The number of hydrogen-bond donors (Lipinski definition) is 2. The molecule has 0 spiro atoms. The largest absolute Gasteiger partial charge is 0.494 e. The maximum atomic E-state index is 13.6. The second-order valence-corrected chi connectivity index (χ2v) is 10.1. The highest BCUT2D eigenvalue weighted by Gasteiger charge is 2.31. The Morgan fingerprint density at radius 2 is 1.76 bits per heavy atom. The van der Waals surface area contributed by atoms with Gasteiger partial charge in [-0.3, -0.25) is 15.0 Å². The number of rotatable bonds is 10. The van der Waals surface area contributed by atoms with E-state index in [1.807, 2.05) is 25.1 Å². The Labute approximate surface area is 237 Å². The average Bonchev–Trinajstić information content (AvgIpc) is 3.16. The quantitative estimate of drug-likeness (QED) is 0.370. The highest BCUT2D eigenvalue weighted by molar-refractivity contribution is 8.93. The van der Waals surface area contributed by atoms with E-state index in [4.69, 9.17) is 14.9 Å². The minimum atomic E-state index is -0.273. The second-order valence-electron chi connectivity index (χ2n) is 10.1. The lowest BCUT2D eigenvalue weighted by atomic mass is 9.84. The van der Waals surface area contributed by atoms with Crippen LogP contribution < -0.4 is 19.7 Å². The molecule has 2 aromatic carbocycles. The molecule has 3 rings (SSSR count). The van der Waals surface area contributed by atoms with Crippen LogP contribution in [-0.4, -0.2) is 62.8 Å². The number of amidine groups is 1. The first-order valence-corrected chi connectivity index (χ1v) is 12.9. The van der Waals surface area contributed by atoms with Gasteiger partial charge in [-0.1, -0.05) is 20.8 Å². The second kappa shape index (κ2) is 12.7. The van der Waals surface area contributed by atoms with E-state index in [1.54, 1.807) is 25.1 Å². The van der Waals surface area contributed by atoms with Crippen molar-refractivity contribution in [2.24, 2.45) is 0 Å². The third-order valence-electron chi connectivity index (χ3n) is 6.75. The van der Waals surface area contributed by atoms with Crippen molar-refractivity contribution in [3.8, 4) is 11.5 Å². The topological polar surface area (TPSA) is 95.0 Å². The fraction of sp³-hybridized carbons (Fsp3) is 0.483. The first-order chi connectivity index (χ1) is 17.5. The number of carbonyl (C=O) groups is 2. The first kappa shape index (κ1) is 31.1. The molecule has 1 heterocycles. The van der Waals surface area contributed by atoms with Gasteiger partial charge in [0.25, 0.3) is 5.91 Å². The van der Waals surface area contributed by atoms with Gasteiger partial charge in [0.1, 0.15) is 17.3 Å². The number of methoxy groups -OCH3 is 1. The molecule has 1 aliphatic heterocycles. The molecule has 208 valence electrons. The highest BCUT2D eigenvalue weighted by Crippen LogP contribution is 2.40. The van der Waals surface area contributed by atoms with Crippen LogP contribution in [0.1, 0.15) is 78.9 Å². The summed E-state index contributed by atoms with van der Waals surface area (Å²) in [6, 6.07) is 7.34. The number of anilines is 1. The zero-order valence-electron chi connectivity index (χ0n) is 23.8. The van der Waals surface area contributed by atoms with E-state index in [0.29, 0.717) is 35.6 Å². The maximum absolute atomic E-state index is 13.6. The maximum Gasteiger partial charge on any atom is 0.254 e. The zero-order chi connectivity index (χ0) is 27.5. The van der Waals surface area contributed by atoms with E-state index in [1.165, 1.54) is 0 Å². The molecule has 2 aromatic rings. The van der Waals surface area contributed by atoms with Crippen LogP contribution in [0.4, 0.5) is 5.69 Å². The van der Waals surface area contributed by atoms with E-state index >= 15 is 0 Å². The van der Waals surface area contributed by atoms with Crippen molar-refractivity contribution in [2.75, 3.05) is 45.3 Å². The van der Waals surface area contributed by atoms with Crippen LogP contribution in [0.5, 0.6) is 11.5 Å². The number of halogens is 1. The molecule has 0 bridgehead atoms. The Bertz CT molecular complexity index is 1200. The summed E-state index contributed by atoms with van der Waals surface area (Å²) in [6.07, 6.45) is 0. The minimum Gasteiger partial charge on any atom is -0.494 e. The fourth-order valence-electron chi connectivity index (χ4n) is 4.76. The van der Waals surface area contributed by atoms with Crippen molar-refractivity contribution in [3.05, 3.63) is 52.1 Å². The van der Waals surface area contributed by atoms with Gasteiger partial charge in [0.2, 0.25) is 0 Å². The Morgan fingerprint density at radius 3 is 2.29 bits per heavy atom. The summed E-state index contributed by atoms with van der Waals surface area (Å²) >= 11 is 0. The molecular weight excluding hydrogens is 548 g/mol. The van der Waals surface area contributed by atoms with Gasteiger partial charge in [0.15, 0.2) is 5.78 Å². The number of nitrogens with zero attached hydrogens (tertiary/aromatic N) is 2. The molecule has 0 atom stereocenters. The molecule has 1 aliphatic rings. The summed E-state index contributed by atoms with van der Waals surface area (Å²) in [6.45, 7) is 14.8. The molecular formula is C29H41BrN4O4. The Kier molecular flexibility index (Phi) is 10.4. The number of hydrogen-bond acceptors (Lipinski definition) is 6. The van der Waals surface area contributed by atoms with E-state index in [9.17, 15) is 9.59 Å². The standard InChI is InChI=1S/C29H40N4O4.BrH/c1-9-32(10-2)23-13-18(12-22(26(23)36-8)29(4,5)6)24(34)17-33-16-19-14-25(37-11-3)21(28(35)31-7)15-20(19)27(33)30;/h12-15,30H,9-11,16-17H2,1-8H3,(H,31,35);1H. The molecule has 0 saturated carbocycles. The number of carbonyl (C=O) groups excluding carboxylic acids is 2. The van der Waals surface area contributed by atoms with E-state index in [-0.39, 0.29) is 46.5 Å². The van der Waals surface area contributed by atoms with E-state index < -0.39 is 0 Å². The van der Waals surface area contributed by atoms with Crippen molar-refractivity contribution in [2.45, 2.75) is 53.5 Å². The normalized spacial score (nSPS) is 12.5. The third-order valence-corrected chi connectivity index (χ3v) is 6.75. The number of benzene rings is 2. The van der Waals surface area contributed by atoms with Crippen LogP contribution in [-0.2, 0) is 12.0 Å². The lowest BCUT2D eigenvalue weighted by Crippen LogP contribution is -2.31. The monoisotopic (exact) mass is 588 g/mol. The fourth-order valence-corrected chi connectivity index (χ4v) is 4.76. The van der Waals surface area contributed by atoms with Crippen LogP contribution in [0.2, 0.25) is 0 Å². The SMILES string of the molecule is Br.CCOc1cc2c(cc1C(=O)NC)C(=N)N(CC(=O)c1cc(N(CC)CC)c(OC)c(C(C)(C)C)c1)C2. The molecule has 8 nitrogen and oxygen atoms in total. The van der Waals surface area contributed by atoms with Crippen molar-refractivity contribution < 1.29 is 19.1 Å². The smallest absolute Gasteiger partial charge is 0.254 e. The summed E-state index contributed by atoms with van der Waals surface area (Å²) < 4.78 is 11.5. The lowest BCUT2D eigenvalue weighted by molar-refractivity contribution is 0.0953. The summed E-state index contributed by atoms with van der Waals surface area (Å²) in [5.41, 5.74) is 4.13. The molecule has 0 radical (unpaired) electrons. The van der Waals surface area contributed by atoms with Crippen LogP contribution in [0.15, 0.2) is 24.3 Å². The van der Waals surface area contributed by atoms with Gasteiger partial charge in [0.05, 0.1) is 31.5 Å². The van der Waals surface area contributed by atoms with Crippen LogP contribution in [0, 0.1) is 5.41 Å². The van der Waals surface area contributed by atoms with Crippen molar-refractivity contribution >= 4 is 40.2 Å². The molecule has 0 aliphatic carbocycles. The van der Waals surface area contributed by atoms with Crippen molar-refractivity contribution in [3.63, 3.8) is 0 Å². The Balaban J connectivity index is 0.00000507. The molecule has 2 N–H and O–H groups in total. The number of Topliss-reactive ketones (excluding diaryl/α,β-unsaturated/α-hetero) is 1. The third kappa shape index (κ3) is 6.14. The lowest BCUT2D eigenvalue weighted by Gasteiger charge is -2.30. The van der Waals surface area contributed by atoms with Crippen LogP contribution in [0.25, 0.3) is 0 Å². The summed E-state index contributed by atoms with van der Waals surface area (Å²) in [5.74, 6) is 1.15. The molecule has 9 heteroatoms.